The molecule has 1 radical (unpaired) electrons. The third-order valence-corrected chi connectivity index (χ3v) is 1.53. The fourth-order valence-electron chi connectivity index (χ4n) is 0.885. The second-order valence-corrected chi connectivity index (χ2v) is 2.57. The number of halogens is 3. The number of alkyl halides is 3. The molecule has 0 aromatic heterocycles. The first kappa shape index (κ1) is 10.5. The van der Waals surface area contributed by atoms with Crippen molar-refractivity contribution in [2.75, 3.05) is 0 Å². The van der Waals surface area contributed by atoms with Crippen LogP contribution >= 0.6 is 0 Å². The van der Waals surface area contributed by atoms with Gasteiger partial charge < -0.3 is 0 Å². The number of benzene rings is 1. The zero-order valence-corrected chi connectivity index (χ0v) is 7.01. The Labute approximate surface area is 78.9 Å². The summed E-state index contributed by atoms with van der Waals surface area (Å²) in [6.07, 6.45) is -3.01. The highest BCUT2D eigenvalue weighted by Gasteiger charge is 2.33. The maximum atomic E-state index is 12.1. The van der Waals surface area contributed by atoms with Gasteiger partial charge in [-0.3, -0.25) is 4.79 Å². The Hall–Kier alpha value is -1.58. The molecule has 0 aliphatic carbocycles. The first-order chi connectivity index (χ1) is 6.54. The molecular formula is C10H6F3O. The number of allylic oxidation sites excluding steroid dienone is 1. The van der Waals surface area contributed by atoms with E-state index in [-0.39, 0.29) is 0 Å². The van der Waals surface area contributed by atoms with Crippen molar-refractivity contribution in [3.05, 3.63) is 41.5 Å². The summed E-state index contributed by atoms with van der Waals surface area (Å²) in [4.78, 5) is 10.0. The molecule has 4 heteroatoms. The zero-order valence-electron chi connectivity index (χ0n) is 7.01. The van der Waals surface area contributed by atoms with E-state index in [1.54, 1.807) is 18.2 Å². The molecule has 0 amide bonds. The third-order valence-electron chi connectivity index (χ3n) is 1.53. The van der Waals surface area contributed by atoms with Crippen molar-refractivity contribution in [3.8, 4) is 0 Å². The van der Waals surface area contributed by atoms with Gasteiger partial charge in [0.2, 0.25) is 6.29 Å². The Morgan fingerprint density at radius 1 is 1.21 bits per heavy atom. The lowest BCUT2D eigenvalue weighted by Crippen LogP contribution is -2.12. The highest BCUT2D eigenvalue weighted by molar-refractivity contribution is 5.83. The van der Waals surface area contributed by atoms with Gasteiger partial charge in [-0.25, -0.2) is 0 Å². The minimum Gasteiger partial charge on any atom is -0.285 e. The summed E-state index contributed by atoms with van der Waals surface area (Å²) in [7, 11) is 0. The third kappa shape index (κ3) is 2.73. The number of hydrogen-bond donors (Lipinski definition) is 0. The van der Waals surface area contributed by atoms with Crippen LogP contribution in [0.15, 0.2) is 35.9 Å². The molecule has 1 aromatic carbocycles. The van der Waals surface area contributed by atoms with Gasteiger partial charge >= 0.3 is 6.18 Å². The molecule has 1 rings (SSSR count). The van der Waals surface area contributed by atoms with Crippen LogP contribution < -0.4 is 0 Å². The summed E-state index contributed by atoms with van der Waals surface area (Å²) >= 11 is 0. The van der Waals surface area contributed by atoms with Crippen LogP contribution in [-0.2, 0) is 4.79 Å². The van der Waals surface area contributed by atoms with Gasteiger partial charge in [0, 0.05) is 0 Å². The smallest absolute Gasteiger partial charge is 0.285 e. The highest BCUT2D eigenvalue weighted by atomic mass is 19.4. The maximum Gasteiger partial charge on any atom is 0.420 e. The Bertz CT molecular complexity index is 338. The molecule has 0 aliphatic heterocycles. The van der Waals surface area contributed by atoms with Crippen molar-refractivity contribution in [1.82, 2.24) is 0 Å². The molecule has 0 spiro atoms. The first-order valence-corrected chi connectivity index (χ1v) is 3.76. The second-order valence-electron chi connectivity index (χ2n) is 2.57. The molecule has 0 saturated carbocycles. The van der Waals surface area contributed by atoms with Gasteiger partial charge in [-0.1, -0.05) is 30.3 Å². The molecule has 0 aliphatic rings. The van der Waals surface area contributed by atoms with E-state index in [0.29, 0.717) is 5.56 Å². The summed E-state index contributed by atoms with van der Waals surface area (Å²) in [6, 6.07) is 7.80. The Morgan fingerprint density at radius 3 is 2.21 bits per heavy atom. The first-order valence-electron chi connectivity index (χ1n) is 3.76. The minimum atomic E-state index is -4.64. The predicted molar refractivity (Wildman–Crippen MR) is 46.2 cm³/mol. The average molecular weight is 199 g/mol. The van der Waals surface area contributed by atoms with Crippen molar-refractivity contribution in [2.45, 2.75) is 6.18 Å². The molecule has 1 nitrogen and oxygen atoms in total. The minimum absolute atomic E-state index is 0.322. The summed E-state index contributed by atoms with van der Waals surface area (Å²) < 4.78 is 36.2. The molecule has 73 valence electrons. The average Bonchev–Trinajstić information content (AvgIpc) is 2.14. The van der Waals surface area contributed by atoms with E-state index in [2.05, 4.69) is 0 Å². The largest absolute Gasteiger partial charge is 0.420 e. The van der Waals surface area contributed by atoms with Crippen LogP contribution in [0.4, 0.5) is 13.2 Å². The molecule has 0 unspecified atom stereocenters. The van der Waals surface area contributed by atoms with Crippen LogP contribution in [0.2, 0.25) is 0 Å². The van der Waals surface area contributed by atoms with E-state index in [9.17, 15) is 18.0 Å². The normalized spacial score (nSPS) is 12.6. The van der Waals surface area contributed by atoms with Crippen molar-refractivity contribution < 1.29 is 18.0 Å². The standard InChI is InChI=1S/C10H6F3O/c11-10(12,13)9(7-14)6-8-4-2-1-3-5-8/h1-6H/b9-6-. The summed E-state index contributed by atoms with van der Waals surface area (Å²) in [5.41, 5.74) is -0.980. The van der Waals surface area contributed by atoms with E-state index in [4.69, 9.17) is 0 Å². The fraction of sp³-hybridized carbons (Fsp3) is 0.100. The van der Waals surface area contributed by atoms with E-state index in [1.807, 2.05) is 0 Å². The lowest BCUT2D eigenvalue weighted by Gasteiger charge is -2.03. The quantitative estimate of drug-likeness (QED) is 0.669. The van der Waals surface area contributed by atoms with Crippen LogP contribution in [0.3, 0.4) is 0 Å². The lowest BCUT2D eigenvalue weighted by molar-refractivity contribution is -0.0852. The van der Waals surface area contributed by atoms with Crippen LogP contribution in [0.5, 0.6) is 0 Å². The molecule has 1 aromatic rings. The molecule has 0 N–H and O–H groups in total. The highest BCUT2D eigenvalue weighted by Crippen LogP contribution is 2.25. The molecule has 14 heavy (non-hydrogen) atoms. The van der Waals surface area contributed by atoms with Gasteiger partial charge in [-0.05, 0) is 11.6 Å². The van der Waals surface area contributed by atoms with E-state index in [0.717, 1.165) is 12.4 Å². The van der Waals surface area contributed by atoms with Gasteiger partial charge in [0.1, 0.15) is 5.57 Å². The monoisotopic (exact) mass is 199 g/mol. The summed E-state index contributed by atoms with van der Waals surface area (Å²) in [5, 5.41) is 0. The Balaban J connectivity index is 3.02. The molecular weight excluding hydrogens is 193 g/mol. The van der Waals surface area contributed by atoms with Crippen LogP contribution in [0.1, 0.15) is 5.56 Å². The van der Waals surface area contributed by atoms with Crippen molar-refractivity contribution in [2.24, 2.45) is 0 Å². The maximum absolute atomic E-state index is 12.1. The molecule has 0 saturated heterocycles. The van der Waals surface area contributed by atoms with Crippen LogP contribution in [0, 0.1) is 0 Å². The van der Waals surface area contributed by atoms with E-state index in [1.165, 1.54) is 12.1 Å². The SMILES string of the molecule is O=[C]/C(=C/c1ccccc1)C(F)(F)F. The summed E-state index contributed by atoms with van der Waals surface area (Å²) in [5.74, 6) is 0. The topological polar surface area (TPSA) is 17.1 Å². The van der Waals surface area contributed by atoms with Crippen molar-refractivity contribution in [1.29, 1.82) is 0 Å². The van der Waals surface area contributed by atoms with Gasteiger partial charge in [-0.2, -0.15) is 13.2 Å². The number of hydrogen-bond acceptors (Lipinski definition) is 1. The number of rotatable bonds is 2. The second kappa shape index (κ2) is 4.09. The molecule has 0 bridgehead atoms. The lowest BCUT2D eigenvalue weighted by atomic mass is 10.1. The van der Waals surface area contributed by atoms with Crippen LogP contribution in [-0.4, -0.2) is 12.5 Å². The zero-order chi connectivity index (χ0) is 10.6. The van der Waals surface area contributed by atoms with Gasteiger partial charge in [-0.15, -0.1) is 0 Å². The Morgan fingerprint density at radius 2 is 1.79 bits per heavy atom. The number of carbonyl (C=O) groups excluding carboxylic acids is 1. The van der Waals surface area contributed by atoms with Crippen molar-refractivity contribution in [3.63, 3.8) is 0 Å². The summed E-state index contributed by atoms with van der Waals surface area (Å²) in [6.45, 7) is 0. The Kier molecular flexibility index (Phi) is 3.06. The van der Waals surface area contributed by atoms with Gasteiger partial charge in [0.05, 0.1) is 0 Å². The fourth-order valence-corrected chi connectivity index (χ4v) is 0.885. The van der Waals surface area contributed by atoms with Gasteiger partial charge in [0.25, 0.3) is 0 Å². The molecule has 0 fully saturated rings. The van der Waals surface area contributed by atoms with Gasteiger partial charge in [0.15, 0.2) is 0 Å². The van der Waals surface area contributed by atoms with E-state index >= 15 is 0 Å². The predicted octanol–water partition coefficient (Wildman–Crippen LogP) is 2.74. The van der Waals surface area contributed by atoms with Crippen molar-refractivity contribution >= 4 is 12.4 Å². The molecule has 0 atom stereocenters. The van der Waals surface area contributed by atoms with Crippen LogP contribution in [0.25, 0.3) is 6.08 Å². The van der Waals surface area contributed by atoms with E-state index < -0.39 is 11.7 Å². The molecule has 0 heterocycles.